The fourth-order valence-electron chi connectivity index (χ4n) is 3.45. The monoisotopic (exact) mass is 335 g/mol. The largest absolute Gasteiger partial charge is 0.353 e. The van der Waals surface area contributed by atoms with Crippen molar-refractivity contribution >= 4 is 17.7 Å². The molecule has 1 aromatic heterocycles. The molecule has 6 heteroatoms. The van der Waals surface area contributed by atoms with Crippen molar-refractivity contribution < 1.29 is 4.79 Å². The molecule has 2 heterocycles. The third-order valence-electron chi connectivity index (χ3n) is 4.96. The van der Waals surface area contributed by atoms with Crippen molar-refractivity contribution in [2.75, 3.05) is 5.75 Å². The molecule has 126 valence electrons. The van der Waals surface area contributed by atoms with Crippen LogP contribution < -0.4 is 10.9 Å². The minimum Gasteiger partial charge on any atom is -0.353 e. The Labute approximate surface area is 141 Å². The van der Waals surface area contributed by atoms with Gasteiger partial charge in [0.05, 0.1) is 6.04 Å². The van der Waals surface area contributed by atoms with Gasteiger partial charge in [0.15, 0.2) is 5.16 Å². The summed E-state index contributed by atoms with van der Waals surface area (Å²) in [6, 6.07) is 0.244. The summed E-state index contributed by atoms with van der Waals surface area (Å²) < 4.78 is 1.72. The van der Waals surface area contributed by atoms with E-state index in [0.29, 0.717) is 18.0 Å². The Morgan fingerprint density at radius 1 is 1.26 bits per heavy atom. The van der Waals surface area contributed by atoms with E-state index in [1.165, 1.54) is 25.7 Å². The number of nitrogens with zero attached hydrogens (tertiary/aromatic N) is 2. The zero-order valence-corrected chi connectivity index (χ0v) is 14.7. The Bertz CT molecular complexity index is 648. The molecular weight excluding hydrogens is 310 g/mol. The lowest BCUT2D eigenvalue weighted by Gasteiger charge is -2.19. The van der Waals surface area contributed by atoms with Crippen molar-refractivity contribution in [3.05, 3.63) is 21.6 Å². The van der Waals surface area contributed by atoms with Crippen LogP contribution in [0.25, 0.3) is 0 Å². The van der Waals surface area contributed by atoms with Gasteiger partial charge in [-0.3, -0.25) is 14.2 Å². The predicted octanol–water partition coefficient (Wildman–Crippen LogP) is 2.74. The van der Waals surface area contributed by atoms with Gasteiger partial charge < -0.3 is 5.32 Å². The summed E-state index contributed by atoms with van der Waals surface area (Å²) in [6.07, 6.45) is 7.50. The number of aryl methyl sites for hydroxylation is 1. The molecule has 0 radical (unpaired) electrons. The third-order valence-corrected chi connectivity index (χ3v) is 6.06. The molecule has 23 heavy (non-hydrogen) atoms. The van der Waals surface area contributed by atoms with Crippen LogP contribution in [0.15, 0.2) is 9.95 Å². The number of aromatic nitrogens is 2. The summed E-state index contributed by atoms with van der Waals surface area (Å²) in [4.78, 5) is 29.4. The van der Waals surface area contributed by atoms with Gasteiger partial charge in [0, 0.05) is 29.5 Å². The van der Waals surface area contributed by atoms with E-state index in [1.807, 2.05) is 13.8 Å². The predicted molar refractivity (Wildman–Crippen MR) is 92.0 cm³/mol. The van der Waals surface area contributed by atoms with E-state index in [0.717, 1.165) is 29.4 Å². The van der Waals surface area contributed by atoms with E-state index in [2.05, 4.69) is 10.3 Å². The lowest BCUT2D eigenvalue weighted by Crippen LogP contribution is -2.37. The molecule has 5 nitrogen and oxygen atoms in total. The maximum Gasteiger partial charge on any atom is 0.257 e. The SMILES string of the molecule is Cc1nc2n(c(=O)c1C)C(CC(=O)NC1CCCCCC1)CS2. The standard InChI is InChI=1S/C17H25N3O2S/c1-11-12(2)18-17-20(16(11)22)14(10-23-17)9-15(21)19-13-7-5-3-4-6-8-13/h13-14H,3-10H2,1-2H3,(H,19,21). The number of nitrogens with one attached hydrogen (secondary N) is 1. The first-order valence-electron chi connectivity index (χ1n) is 8.58. The number of amides is 1. The molecule has 1 saturated carbocycles. The zero-order chi connectivity index (χ0) is 16.4. The van der Waals surface area contributed by atoms with Crippen LogP contribution >= 0.6 is 11.8 Å². The molecule has 2 aliphatic rings. The maximum absolute atomic E-state index is 12.5. The first kappa shape index (κ1) is 16.6. The summed E-state index contributed by atoms with van der Waals surface area (Å²) in [7, 11) is 0. The molecule has 1 aliphatic carbocycles. The van der Waals surface area contributed by atoms with Crippen LogP contribution in [0, 0.1) is 13.8 Å². The Hall–Kier alpha value is -1.30. The molecule has 1 fully saturated rings. The van der Waals surface area contributed by atoms with Crippen molar-refractivity contribution in [1.29, 1.82) is 0 Å². The summed E-state index contributed by atoms with van der Waals surface area (Å²) in [5, 5.41) is 3.93. The van der Waals surface area contributed by atoms with Gasteiger partial charge in [-0.2, -0.15) is 0 Å². The van der Waals surface area contributed by atoms with E-state index in [1.54, 1.807) is 16.3 Å². The van der Waals surface area contributed by atoms with Crippen LogP contribution in [0.5, 0.6) is 0 Å². The van der Waals surface area contributed by atoms with Crippen LogP contribution in [0.3, 0.4) is 0 Å². The van der Waals surface area contributed by atoms with Gasteiger partial charge in [0.2, 0.25) is 5.91 Å². The first-order chi connectivity index (χ1) is 11.1. The van der Waals surface area contributed by atoms with Crippen molar-refractivity contribution in [3.8, 4) is 0 Å². The summed E-state index contributed by atoms with van der Waals surface area (Å²) in [5.41, 5.74) is 1.48. The van der Waals surface area contributed by atoms with E-state index >= 15 is 0 Å². The minimum absolute atomic E-state index is 0.00441. The second-order valence-corrected chi connectivity index (χ2v) is 7.69. The van der Waals surface area contributed by atoms with Crippen LogP contribution in [0.2, 0.25) is 0 Å². The smallest absolute Gasteiger partial charge is 0.257 e. The highest BCUT2D eigenvalue weighted by Crippen LogP contribution is 2.32. The molecule has 0 saturated heterocycles. The average molecular weight is 335 g/mol. The molecule has 1 aromatic rings. The molecule has 1 amide bonds. The Morgan fingerprint density at radius 2 is 1.96 bits per heavy atom. The molecule has 0 aromatic carbocycles. The molecule has 0 spiro atoms. The summed E-state index contributed by atoms with van der Waals surface area (Å²) in [6.45, 7) is 3.67. The second-order valence-electron chi connectivity index (χ2n) is 6.70. The topological polar surface area (TPSA) is 64.0 Å². The number of carbonyl (C=O) groups excluding carboxylic acids is 1. The molecule has 1 N–H and O–H groups in total. The van der Waals surface area contributed by atoms with E-state index in [4.69, 9.17) is 0 Å². The van der Waals surface area contributed by atoms with Gasteiger partial charge in [0.25, 0.3) is 5.56 Å². The summed E-state index contributed by atoms with van der Waals surface area (Å²) >= 11 is 1.58. The number of rotatable bonds is 3. The highest BCUT2D eigenvalue weighted by molar-refractivity contribution is 7.99. The summed E-state index contributed by atoms with van der Waals surface area (Å²) in [5.74, 6) is 0.823. The number of fused-ring (bicyclic) bond motifs is 1. The number of hydrogen-bond donors (Lipinski definition) is 1. The van der Waals surface area contributed by atoms with E-state index in [9.17, 15) is 9.59 Å². The van der Waals surface area contributed by atoms with Crippen molar-refractivity contribution in [2.45, 2.75) is 76.0 Å². The van der Waals surface area contributed by atoms with Crippen molar-refractivity contribution in [2.24, 2.45) is 0 Å². The lowest BCUT2D eigenvalue weighted by atomic mass is 10.1. The van der Waals surface area contributed by atoms with Crippen LogP contribution in [-0.4, -0.2) is 27.3 Å². The Kier molecular flexibility index (Phi) is 5.09. The lowest BCUT2D eigenvalue weighted by molar-refractivity contribution is -0.122. The van der Waals surface area contributed by atoms with Crippen LogP contribution in [0.4, 0.5) is 0 Å². The molecule has 0 bridgehead atoms. The second kappa shape index (κ2) is 7.07. The Morgan fingerprint density at radius 3 is 2.65 bits per heavy atom. The molecule has 1 unspecified atom stereocenters. The minimum atomic E-state index is -0.0694. The van der Waals surface area contributed by atoms with E-state index < -0.39 is 0 Å². The van der Waals surface area contributed by atoms with Crippen LogP contribution in [0.1, 0.15) is 62.2 Å². The van der Waals surface area contributed by atoms with Gasteiger partial charge >= 0.3 is 0 Å². The fourth-order valence-corrected chi connectivity index (χ4v) is 4.63. The molecule has 1 atom stereocenters. The van der Waals surface area contributed by atoms with Gasteiger partial charge in [-0.25, -0.2) is 4.98 Å². The van der Waals surface area contributed by atoms with Gasteiger partial charge in [0.1, 0.15) is 0 Å². The van der Waals surface area contributed by atoms with Gasteiger partial charge in [-0.05, 0) is 26.7 Å². The quantitative estimate of drug-likeness (QED) is 0.681. The average Bonchev–Trinajstić information content (AvgIpc) is 2.73. The molecule has 3 rings (SSSR count). The van der Waals surface area contributed by atoms with Crippen molar-refractivity contribution in [1.82, 2.24) is 14.9 Å². The van der Waals surface area contributed by atoms with Crippen molar-refractivity contribution in [3.63, 3.8) is 0 Å². The third kappa shape index (κ3) is 3.62. The maximum atomic E-state index is 12.5. The van der Waals surface area contributed by atoms with Gasteiger partial charge in [-0.1, -0.05) is 37.4 Å². The highest BCUT2D eigenvalue weighted by Gasteiger charge is 2.29. The first-order valence-corrected chi connectivity index (χ1v) is 9.56. The van der Waals surface area contributed by atoms with Crippen LogP contribution in [-0.2, 0) is 4.79 Å². The normalized spacial score (nSPS) is 21.7. The van der Waals surface area contributed by atoms with E-state index in [-0.39, 0.29) is 17.5 Å². The fraction of sp³-hybridized carbons (Fsp3) is 0.706. The number of thioether (sulfide) groups is 1. The van der Waals surface area contributed by atoms with Gasteiger partial charge in [-0.15, -0.1) is 0 Å². The number of carbonyl (C=O) groups is 1. The Balaban J connectivity index is 1.67. The molecular formula is C17H25N3O2S. The molecule has 1 aliphatic heterocycles. The highest BCUT2D eigenvalue weighted by atomic mass is 32.2. The zero-order valence-electron chi connectivity index (χ0n) is 13.9. The number of hydrogen-bond acceptors (Lipinski definition) is 4.